The van der Waals surface area contributed by atoms with Crippen LogP contribution in [-0.2, 0) is 11.2 Å². The van der Waals surface area contributed by atoms with Crippen molar-refractivity contribution in [3.8, 4) is 0 Å². The molecule has 0 radical (unpaired) electrons. The van der Waals surface area contributed by atoms with Gasteiger partial charge in [0.2, 0.25) is 0 Å². The molecule has 1 saturated heterocycles. The summed E-state index contributed by atoms with van der Waals surface area (Å²) >= 11 is 5.85. The van der Waals surface area contributed by atoms with Gasteiger partial charge in [-0.2, -0.15) is 0 Å². The Bertz CT molecular complexity index is 336. The second-order valence-electron chi connectivity index (χ2n) is 4.61. The van der Waals surface area contributed by atoms with Gasteiger partial charge < -0.3 is 15.4 Å². The molecule has 2 N–H and O–H groups in total. The molecule has 0 spiro atoms. The van der Waals surface area contributed by atoms with Gasteiger partial charge in [0.15, 0.2) is 0 Å². The second-order valence-corrected chi connectivity index (χ2v) is 5.05. The molecule has 1 aromatic rings. The zero-order valence-electron chi connectivity index (χ0n) is 10.6. The van der Waals surface area contributed by atoms with E-state index < -0.39 is 0 Å². The third kappa shape index (κ3) is 4.94. The smallest absolute Gasteiger partial charge is 0.0712 e. The van der Waals surface area contributed by atoms with E-state index in [2.05, 4.69) is 22.8 Å². The Kier molecular flexibility index (Phi) is 5.94. The van der Waals surface area contributed by atoms with E-state index in [0.717, 1.165) is 50.7 Å². The van der Waals surface area contributed by atoms with Crippen LogP contribution in [0.15, 0.2) is 24.3 Å². The van der Waals surface area contributed by atoms with Crippen LogP contribution in [0.25, 0.3) is 0 Å². The molecule has 1 unspecified atom stereocenters. The number of morpholine rings is 1. The molecule has 1 fully saturated rings. The lowest BCUT2D eigenvalue weighted by Gasteiger charge is -2.23. The van der Waals surface area contributed by atoms with Gasteiger partial charge in [0.25, 0.3) is 0 Å². The van der Waals surface area contributed by atoms with E-state index in [9.17, 15) is 0 Å². The summed E-state index contributed by atoms with van der Waals surface area (Å²) in [4.78, 5) is 0. The van der Waals surface area contributed by atoms with Crippen molar-refractivity contribution >= 4 is 11.6 Å². The van der Waals surface area contributed by atoms with Crippen molar-refractivity contribution < 1.29 is 4.74 Å². The van der Waals surface area contributed by atoms with Crippen molar-refractivity contribution in [3.63, 3.8) is 0 Å². The summed E-state index contributed by atoms with van der Waals surface area (Å²) < 4.78 is 5.64. The van der Waals surface area contributed by atoms with Gasteiger partial charge in [-0.25, -0.2) is 0 Å². The van der Waals surface area contributed by atoms with Crippen molar-refractivity contribution in [2.45, 2.75) is 18.9 Å². The first-order valence-corrected chi connectivity index (χ1v) is 7.00. The van der Waals surface area contributed by atoms with Crippen LogP contribution in [0.1, 0.15) is 12.0 Å². The molecule has 1 aliphatic heterocycles. The Balaban J connectivity index is 1.54. The lowest BCUT2D eigenvalue weighted by Crippen LogP contribution is -2.40. The number of ether oxygens (including phenoxy) is 1. The molecule has 1 heterocycles. The van der Waals surface area contributed by atoms with Crippen LogP contribution >= 0.6 is 11.6 Å². The summed E-state index contributed by atoms with van der Waals surface area (Å²) in [5.74, 6) is 0. The first-order valence-electron chi connectivity index (χ1n) is 6.62. The van der Waals surface area contributed by atoms with Gasteiger partial charge in [0.05, 0.1) is 12.7 Å². The summed E-state index contributed by atoms with van der Waals surface area (Å²) in [5.41, 5.74) is 1.32. The molecule has 0 bridgehead atoms. The van der Waals surface area contributed by atoms with Crippen LogP contribution in [0.2, 0.25) is 5.02 Å². The number of nitrogens with one attached hydrogen (secondary N) is 2. The Morgan fingerprint density at radius 2 is 2.11 bits per heavy atom. The third-order valence-electron chi connectivity index (χ3n) is 3.15. The van der Waals surface area contributed by atoms with Gasteiger partial charge >= 0.3 is 0 Å². The normalized spacial score (nSPS) is 19.9. The van der Waals surface area contributed by atoms with Crippen molar-refractivity contribution in [2.75, 3.05) is 32.8 Å². The minimum absolute atomic E-state index is 0.377. The van der Waals surface area contributed by atoms with Crippen LogP contribution in [-0.4, -0.2) is 38.9 Å². The molecule has 2 rings (SSSR count). The second kappa shape index (κ2) is 7.74. The van der Waals surface area contributed by atoms with Gasteiger partial charge in [-0.3, -0.25) is 0 Å². The minimum Gasteiger partial charge on any atom is -0.376 e. The highest BCUT2D eigenvalue weighted by atomic mass is 35.5. The Hall–Kier alpha value is -0.610. The van der Waals surface area contributed by atoms with E-state index in [1.54, 1.807) is 0 Å². The van der Waals surface area contributed by atoms with Gasteiger partial charge in [-0.05, 0) is 43.6 Å². The molecule has 0 saturated carbocycles. The highest BCUT2D eigenvalue weighted by Gasteiger charge is 2.11. The Morgan fingerprint density at radius 1 is 1.28 bits per heavy atom. The van der Waals surface area contributed by atoms with E-state index in [1.165, 1.54) is 5.56 Å². The highest BCUT2D eigenvalue weighted by Crippen LogP contribution is 2.09. The number of hydrogen-bond donors (Lipinski definition) is 2. The van der Waals surface area contributed by atoms with Crippen LogP contribution in [0.5, 0.6) is 0 Å². The minimum atomic E-state index is 0.377. The van der Waals surface area contributed by atoms with Crippen molar-refractivity contribution in [1.29, 1.82) is 0 Å². The SMILES string of the molecule is Clc1ccc(CCNCCC2CNCCO2)cc1. The summed E-state index contributed by atoms with van der Waals surface area (Å²) in [7, 11) is 0. The zero-order chi connectivity index (χ0) is 12.6. The van der Waals surface area contributed by atoms with Gasteiger partial charge in [-0.1, -0.05) is 23.7 Å². The molecule has 1 aliphatic rings. The van der Waals surface area contributed by atoms with Gasteiger partial charge in [-0.15, -0.1) is 0 Å². The first kappa shape index (κ1) is 13.8. The van der Waals surface area contributed by atoms with E-state index in [4.69, 9.17) is 16.3 Å². The molecule has 1 aromatic carbocycles. The van der Waals surface area contributed by atoms with E-state index in [-0.39, 0.29) is 0 Å². The Labute approximate surface area is 114 Å². The van der Waals surface area contributed by atoms with Crippen molar-refractivity contribution in [1.82, 2.24) is 10.6 Å². The number of halogens is 1. The van der Waals surface area contributed by atoms with Gasteiger partial charge in [0, 0.05) is 18.1 Å². The predicted molar refractivity (Wildman–Crippen MR) is 75.3 cm³/mol. The summed E-state index contributed by atoms with van der Waals surface area (Å²) in [6.07, 6.45) is 2.50. The molecule has 3 nitrogen and oxygen atoms in total. The van der Waals surface area contributed by atoms with Crippen LogP contribution in [0.3, 0.4) is 0 Å². The number of hydrogen-bond acceptors (Lipinski definition) is 3. The molecule has 0 aliphatic carbocycles. The molecular weight excluding hydrogens is 248 g/mol. The predicted octanol–water partition coefficient (Wildman–Crippen LogP) is 1.85. The van der Waals surface area contributed by atoms with Crippen LogP contribution < -0.4 is 10.6 Å². The lowest BCUT2D eigenvalue weighted by atomic mass is 10.1. The van der Waals surface area contributed by atoms with Gasteiger partial charge in [0.1, 0.15) is 0 Å². The molecule has 18 heavy (non-hydrogen) atoms. The molecule has 0 amide bonds. The standard InChI is InChI=1S/C14H21ClN2O/c15-13-3-1-12(2-4-13)5-7-16-8-6-14-11-17-9-10-18-14/h1-4,14,16-17H,5-11H2. The topological polar surface area (TPSA) is 33.3 Å². The third-order valence-corrected chi connectivity index (χ3v) is 3.40. The summed E-state index contributed by atoms with van der Waals surface area (Å²) in [6.45, 7) is 4.83. The average molecular weight is 269 g/mol. The summed E-state index contributed by atoms with van der Waals surface area (Å²) in [5, 5.41) is 7.60. The molecule has 4 heteroatoms. The average Bonchev–Trinajstić information content (AvgIpc) is 2.42. The van der Waals surface area contributed by atoms with E-state index in [0.29, 0.717) is 6.10 Å². The van der Waals surface area contributed by atoms with Crippen molar-refractivity contribution in [2.24, 2.45) is 0 Å². The Morgan fingerprint density at radius 3 is 2.83 bits per heavy atom. The van der Waals surface area contributed by atoms with E-state index in [1.807, 2.05) is 12.1 Å². The highest BCUT2D eigenvalue weighted by molar-refractivity contribution is 6.30. The number of benzene rings is 1. The quantitative estimate of drug-likeness (QED) is 0.773. The number of rotatable bonds is 6. The molecule has 0 aromatic heterocycles. The fourth-order valence-electron chi connectivity index (χ4n) is 2.08. The maximum absolute atomic E-state index is 5.85. The monoisotopic (exact) mass is 268 g/mol. The zero-order valence-corrected chi connectivity index (χ0v) is 11.4. The van der Waals surface area contributed by atoms with Crippen molar-refractivity contribution in [3.05, 3.63) is 34.9 Å². The molecule has 100 valence electrons. The maximum Gasteiger partial charge on any atom is 0.0712 e. The molecule has 1 atom stereocenters. The lowest BCUT2D eigenvalue weighted by molar-refractivity contribution is 0.0239. The first-order chi connectivity index (χ1) is 8.84. The van der Waals surface area contributed by atoms with E-state index >= 15 is 0 Å². The summed E-state index contributed by atoms with van der Waals surface area (Å²) in [6, 6.07) is 8.05. The molecular formula is C14H21ClN2O. The maximum atomic E-state index is 5.85. The largest absolute Gasteiger partial charge is 0.376 e. The fraction of sp³-hybridized carbons (Fsp3) is 0.571. The fourth-order valence-corrected chi connectivity index (χ4v) is 2.20. The van der Waals surface area contributed by atoms with Crippen LogP contribution in [0.4, 0.5) is 0 Å². The van der Waals surface area contributed by atoms with Crippen LogP contribution in [0, 0.1) is 0 Å².